The molecule has 2 aliphatic heterocycles. The summed E-state index contributed by atoms with van der Waals surface area (Å²) in [5.41, 5.74) is 12.5. The van der Waals surface area contributed by atoms with E-state index in [9.17, 15) is 0 Å². The quantitative estimate of drug-likeness (QED) is 0.425. The van der Waals surface area contributed by atoms with Crippen LogP contribution in [0.5, 0.6) is 0 Å². The molecule has 0 saturated carbocycles. The molecule has 0 spiro atoms. The first-order valence-corrected chi connectivity index (χ1v) is 10.4. The van der Waals surface area contributed by atoms with Gasteiger partial charge in [0.2, 0.25) is 0 Å². The summed E-state index contributed by atoms with van der Waals surface area (Å²) in [5.74, 6) is 0.454. The van der Waals surface area contributed by atoms with Crippen LogP contribution in [0.4, 0.5) is 0 Å². The molecule has 4 N–H and O–H groups in total. The van der Waals surface area contributed by atoms with Crippen molar-refractivity contribution < 1.29 is 0 Å². The molecular formula is C23H23N7. The largest absolute Gasteiger partial charge is 0.342 e. The van der Waals surface area contributed by atoms with Crippen molar-refractivity contribution in [3.05, 3.63) is 78.6 Å². The fourth-order valence-electron chi connectivity index (χ4n) is 4.88. The molecular weight excluding hydrogens is 374 g/mol. The molecule has 2 saturated heterocycles. The van der Waals surface area contributed by atoms with Gasteiger partial charge in [-0.05, 0) is 53.9 Å². The van der Waals surface area contributed by atoms with Gasteiger partial charge in [0.1, 0.15) is 5.65 Å². The second-order valence-electron chi connectivity index (χ2n) is 8.07. The number of aromatic nitrogens is 4. The van der Waals surface area contributed by atoms with Crippen LogP contribution in [-0.4, -0.2) is 32.5 Å². The Morgan fingerprint density at radius 2 is 1.83 bits per heavy atom. The average molecular weight is 397 g/mol. The molecule has 150 valence electrons. The van der Waals surface area contributed by atoms with Crippen LogP contribution in [0.2, 0.25) is 0 Å². The van der Waals surface area contributed by atoms with Gasteiger partial charge in [-0.15, -0.1) is 0 Å². The molecule has 4 aromatic rings. The van der Waals surface area contributed by atoms with Crippen LogP contribution >= 0.6 is 0 Å². The molecule has 0 aromatic carbocycles. The molecule has 4 aromatic heterocycles. The zero-order valence-electron chi connectivity index (χ0n) is 16.4. The average Bonchev–Trinajstić information content (AvgIpc) is 3.43. The van der Waals surface area contributed by atoms with E-state index >= 15 is 0 Å². The molecule has 6 rings (SSSR count). The van der Waals surface area contributed by atoms with E-state index in [0.717, 1.165) is 35.3 Å². The van der Waals surface area contributed by atoms with E-state index in [1.54, 1.807) is 0 Å². The summed E-state index contributed by atoms with van der Waals surface area (Å²) < 4.78 is 0. The normalized spacial score (nSPS) is 26.0. The van der Waals surface area contributed by atoms with Crippen LogP contribution in [0, 0.1) is 5.92 Å². The van der Waals surface area contributed by atoms with Gasteiger partial charge in [-0.3, -0.25) is 15.4 Å². The summed E-state index contributed by atoms with van der Waals surface area (Å²) >= 11 is 0. The van der Waals surface area contributed by atoms with Crippen molar-refractivity contribution in [1.29, 1.82) is 0 Å². The molecule has 4 unspecified atom stereocenters. The Labute approximate surface area is 174 Å². The maximum atomic E-state index is 4.58. The minimum atomic E-state index is 0.197. The Balaban J connectivity index is 1.34. The fourth-order valence-corrected chi connectivity index (χ4v) is 4.88. The smallest absolute Gasteiger partial charge is 0.138 e. The first-order valence-electron chi connectivity index (χ1n) is 10.4. The standard InChI is InChI=1S/C23H23N7/c1-2-7-25-18(3-1)19-12-17-21(13-27-19)29-30-22(17)20-11-16-15(6-10-26-23(16)28-20)14-4-8-24-9-5-14/h1-11,17,19,21-22,27,29-30H,12-13H2,(H,26,28). The zero-order valence-corrected chi connectivity index (χ0v) is 16.4. The van der Waals surface area contributed by atoms with Crippen LogP contribution in [0.15, 0.2) is 67.3 Å². The number of aromatic amines is 1. The number of nitrogens with zero attached hydrogens (tertiary/aromatic N) is 3. The van der Waals surface area contributed by atoms with Gasteiger partial charge in [0.05, 0.1) is 11.7 Å². The van der Waals surface area contributed by atoms with Crippen molar-refractivity contribution in [3.63, 3.8) is 0 Å². The van der Waals surface area contributed by atoms with E-state index in [1.807, 2.05) is 43.0 Å². The van der Waals surface area contributed by atoms with Crippen LogP contribution in [0.3, 0.4) is 0 Å². The number of piperidine rings is 1. The molecule has 7 nitrogen and oxygen atoms in total. The van der Waals surface area contributed by atoms with E-state index in [4.69, 9.17) is 0 Å². The second kappa shape index (κ2) is 7.28. The van der Waals surface area contributed by atoms with Crippen LogP contribution in [0.25, 0.3) is 22.2 Å². The van der Waals surface area contributed by atoms with Crippen LogP contribution in [-0.2, 0) is 0 Å². The third-order valence-electron chi connectivity index (χ3n) is 6.39. The second-order valence-corrected chi connectivity index (χ2v) is 8.07. The van der Waals surface area contributed by atoms with Gasteiger partial charge in [0, 0.05) is 60.4 Å². The number of nitrogens with one attached hydrogen (secondary N) is 4. The van der Waals surface area contributed by atoms with Gasteiger partial charge in [-0.25, -0.2) is 10.4 Å². The summed E-state index contributed by atoms with van der Waals surface area (Å²) in [6, 6.07) is 15.4. The highest BCUT2D eigenvalue weighted by atomic mass is 15.4. The molecule has 0 radical (unpaired) electrons. The number of rotatable bonds is 3. The Morgan fingerprint density at radius 3 is 2.70 bits per heavy atom. The van der Waals surface area contributed by atoms with E-state index in [0.29, 0.717) is 12.0 Å². The number of hydrogen-bond donors (Lipinski definition) is 4. The molecule has 4 atom stereocenters. The molecule has 2 fully saturated rings. The molecule has 0 aliphatic carbocycles. The summed E-state index contributed by atoms with van der Waals surface area (Å²) in [6.45, 7) is 0.913. The van der Waals surface area contributed by atoms with Crippen molar-refractivity contribution >= 4 is 11.0 Å². The van der Waals surface area contributed by atoms with Crippen molar-refractivity contribution in [2.45, 2.75) is 24.5 Å². The van der Waals surface area contributed by atoms with E-state index in [2.05, 4.69) is 60.4 Å². The van der Waals surface area contributed by atoms with Crippen molar-refractivity contribution in [2.24, 2.45) is 5.92 Å². The highest BCUT2D eigenvalue weighted by Crippen LogP contribution is 2.39. The summed E-state index contributed by atoms with van der Waals surface area (Å²) in [4.78, 5) is 16.9. The lowest BCUT2D eigenvalue weighted by Gasteiger charge is -2.33. The van der Waals surface area contributed by atoms with Crippen molar-refractivity contribution in [3.8, 4) is 11.1 Å². The third kappa shape index (κ3) is 2.99. The Morgan fingerprint density at radius 1 is 0.900 bits per heavy atom. The van der Waals surface area contributed by atoms with Crippen LogP contribution < -0.4 is 16.2 Å². The Bertz CT molecular complexity index is 1160. The molecule has 6 heterocycles. The van der Waals surface area contributed by atoms with Gasteiger partial charge in [-0.2, -0.15) is 0 Å². The predicted octanol–water partition coefficient (Wildman–Crippen LogP) is 2.89. The highest BCUT2D eigenvalue weighted by Gasteiger charge is 2.42. The first kappa shape index (κ1) is 17.7. The van der Waals surface area contributed by atoms with E-state index in [-0.39, 0.29) is 12.1 Å². The van der Waals surface area contributed by atoms with Gasteiger partial charge in [0.15, 0.2) is 0 Å². The SMILES string of the molecule is c1ccc(C2CC3C(CN2)NNC3c2cc3c(-c4ccncc4)ccnc3[nH]2)nc1. The lowest BCUT2D eigenvalue weighted by atomic mass is 9.82. The van der Waals surface area contributed by atoms with Crippen LogP contribution in [0.1, 0.15) is 29.9 Å². The monoisotopic (exact) mass is 397 g/mol. The molecule has 30 heavy (non-hydrogen) atoms. The molecule has 2 aliphatic rings. The fraction of sp³-hybridized carbons (Fsp3) is 0.261. The van der Waals surface area contributed by atoms with Crippen molar-refractivity contribution in [1.82, 2.24) is 36.1 Å². The van der Waals surface area contributed by atoms with E-state index in [1.165, 1.54) is 11.3 Å². The minimum Gasteiger partial charge on any atom is -0.342 e. The summed E-state index contributed by atoms with van der Waals surface area (Å²) in [6.07, 6.45) is 8.41. The number of hydrazine groups is 1. The summed E-state index contributed by atoms with van der Waals surface area (Å²) in [5, 5.41) is 4.78. The number of fused-ring (bicyclic) bond motifs is 2. The molecule has 0 amide bonds. The summed E-state index contributed by atoms with van der Waals surface area (Å²) in [7, 11) is 0. The molecule has 7 heteroatoms. The number of H-pyrrole nitrogens is 1. The Kier molecular flexibility index (Phi) is 4.30. The third-order valence-corrected chi connectivity index (χ3v) is 6.39. The van der Waals surface area contributed by atoms with Gasteiger partial charge < -0.3 is 10.3 Å². The van der Waals surface area contributed by atoms with Gasteiger partial charge in [0.25, 0.3) is 0 Å². The lowest BCUT2D eigenvalue weighted by molar-refractivity contribution is 0.262. The maximum absolute atomic E-state index is 4.58. The maximum Gasteiger partial charge on any atom is 0.138 e. The lowest BCUT2D eigenvalue weighted by Crippen LogP contribution is -2.46. The molecule has 0 bridgehead atoms. The first-order chi connectivity index (χ1) is 14.9. The highest BCUT2D eigenvalue weighted by molar-refractivity contribution is 5.93. The Hall–Kier alpha value is -3.13. The minimum absolute atomic E-state index is 0.197. The van der Waals surface area contributed by atoms with Gasteiger partial charge in [-0.1, -0.05) is 6.07 Å². The van der Waals surface area contributed by atoms with Gasteiger partial charge >= 0.3 is 0 Å². The van der Waals surface area contributed by atoms with E-state index < -0.39 is 0 Å². The number of hydrogen-bond acceptors (Lipinski definition) is 6. The zero-order chi connectivity index (χ0) is 19.9. The van der Waals surface area contributed by atoms with Crippen molar-refractivity contribution in [2.75, 3.05) is 6.54 Å². The predicted molar refractivity (Wildman–Crippen MR) is 115 cm³/mol. The number of pyridine rings is 3. The topological polar surface area (TPSA) is 90.5 Å².